The lowest BCUT2D eigenvalue weighted by molar-refractivity contribution is -0.127. The van der Waals surface area contributed by atoms with Gasteiger partial charge in [0.05, 0.1) is 23.9 Å². The van der Waals surface area contributed by atoms with Crippen LogP contribution in [-0.2, 0) is 20.6 Å². The Labute approximate surface area is 112 Å². The summed E-state index contributed by atoms with van der Waals surface area (Å²) < 4.78 is 25.8. The van der Waals surface area contributed by atoms with Crippen molar-refractivity contribution in [2.75, 3.05) is 20.6 Å². The molecule has 0 unspecified atom stereocenters. The van der Waals surface area contributed by atoms with Gasteiger partial charge in [-0.1, -0.05) is 18.2 Å². The van der Waals surface area contributed by atoms with Gasteiger partial charge in [0.2, 0.25) is 15.9 Å². The molecular weight excluding hydrogens is 266 g/mol. The molecule has 0 heterocycles. The van der Waals surface area contributed by atoms with E-state index < -0.39 is 10.0 Å². The maximum Gasteiger partial charge on any atom is 0.237 e. The first-order valence-corrected chi connectivity index (χ1v) is 7.16. The van der Waals surface area contributed by atoms with E-state index in [9.17, 15) is 13.2 Å². The number of hydrogen-bond acceptors (Lipinski definition) is 4. The number of nitrogens with one attached hydrogen (secondary N) is 1. The largest absolute Gasteiger partial charge is 0.348 e. The first-order chi connectivity index (χ1) is 8.85. The first kappa shape index (κ1) is 15.1. The van der Waals surface area contributed by atoms with Crippen LogP contribution < -0.4 is 4.72 Å². The van der Waals surface area contributed by atoms with E-state index in [2.05, 4.69) is 4.72 Å². The van der Waals surface area contributed by atoms with Gasteiger partial charge in [0, 0.05) is 14.1 Å². The highest BCUT2D eigenvalue weighted by Gasteiger charge is 2.16. The third-order valence-corrected chi connectivity index (χ3v) is 3.70. The van der Waals surface area contributed by atoms with Crippen molar-refractivity contribution in [1.82, 2.24) is 9.62 Å². The minimum atomic E-state index is -3.64. The average Bonchev–Trinajstić information content (AvgIpc) is 2.36. The van der Waals surface area contributed by atoms with E-state index in [1.54, 1.807) is 38.4 Å². The van der Waals surface area contributed by atoms with Gasteiger partial charge in [-0.3, -0.25) is 4.79 Å². The fraction of sp³-hybridized carbons (Fsp3) is 0.333. The van der Waals surface area contributed by atoms with E-state index in [-0.39, 0.29) is 18.2 Å². The number of amides is 1. The van der Waals surface area contributed by atoms with Crippen LogP contribution in [0.2, 0.25) is 0 Å². The second-order valence-corrected chi connectivity index (χ2v) is 5.94. The van der Waals surface area contributed by atoms with Crippen molar-refractivity contribution in [3.05, 3.63) is 35.4 Å². The topological polar surface area (TPSA) is 90.3 Å². The van der Waals surface area contributed by atoms with E-state index in [1.165, 1.54) is 4.90 Å². The monoisotopic (exact) mass is 281 g/mol. The molecule has 0 bridgehead atoms. The summed E-state index contributed by atoms with van der Waals surface area (Å²) in [6.07, 6.45) is 0. The van der Waals surface area contributed by atoms with Crippen molar-refractivity contribution in [3.63, 3.8) is 0 Å². The third-order valence-electron chi connectivity index (χ3n) is 2.43. The van der Waals surface area contributed by atoms with E-state index in [0.717, 1.165) is 0 Å². The van der Waals surface area contributed by atoms with Crippen LogP contribution in [0, 0.1) is 11.3 Å². The summed E-state index contributed by atoms with van der Waals surface area (Å²) in [7, 11) is -0.558. The Morgan fingerprint density at radius 2 is 2.00 bits per heavy atom. The second-order valence-electron chi connectivity index (χ2n) is 4.14. The summed E-state index contributed by atoms with van der Waals surface area (Å²) in [6.45, 7) is -0.288. The minimum absolute atomic E-state index is 0.288. The summed E-state index contributed by atoms with van der Waals surface area (Å²) >= 11 is 0. The van der Waals surface area contributed by atoms with Crippen LogP contribution in [-0.4, -0.2) is 39.9 Å². The van der Waals surface area contributed by atoms with Crippen molar-refractivity contribution in [2.24, 2.45) is 0 Å². The van der Waals surface area contributed by atoms with Crippen molar-refractivity contribution in [1.29, 1.82) is 5.26 Å². The third kappa shape index (κ3) is 4.69. The van der Waals surface area contributed by atoms with Crippen LogP contribution >= 0.6 is 0 Å². The Morgan fingerprint density at radius 1 is 1.37 bits per heavy atom. The predicted molar refractivity (Wildman–Crippen MR) is 70.5 cm³/mol. The zero-order valence-electron chi connectivity index (χ0n) is 10.8. The Hall–Kier alpha value is -1.91. The van der Waals surface area contributed by atoms with Crippen LogP contribution in [0.3, 0.4) is 0 Å². The standard InChI is InChI=1S/C12H15N3O3S/c1-15(2)12(16)8-14-19(17,18)9-11-6-4-3-5-10(11)7-13/h3-6,14H,8-9H2,1-2H3. The highest BCUT2D eigenvalue weighted by Crippen LogP contribution is 2.10. The van der Waals surface area contributed by atoms with E-state index >= 15 is 0 Å². The molecule has 1 aromatic rings. The number of benzene rings is 1. The van der Waals surface area contributed by atoms with Gasteiger partial charge >= 0.3 is 0 Å². The number of nitriles is 1. The smallest absolute Gasteiger partial charge is 0.237 e. The molecule has 0 saturated heterocycles. The molecule has 7 heteroatoms. The summed E-state index contributed by atoms with van der Waals surface area (Å²) in [4.78, 5) is 12.6. The van der Waals surface area contributed by atoms with Gasteiger partial charge in [0.1, 0.15) is 0 Å². The molecule has 0 spiro atoms. The fourth-order valence-corrected chi connectivity index (χ4v) is 2.45. The van der Waals surface area contributed by atoms with Crippen LogP contribution in [0.15, 0.2) is 24.3 Å². The normalized spacial score (nSPS) is 10.8. The number of hydrogen-bond donors (Lipinski definition) is 1. The van der Waals surface area contributed by atoms with Gasteiger partial charge in [-0.05, 0) is 11.6 Å². The number of likely N-dealkylation sites (N-methyl/N-ethyl adjacent to an activating group) is 1. The molecule has 0 aromatic heterocycles. The molecule has 0 atom stereocenters. The van der Waals surface area contributed by atoms with Gasteiger partial charge in [-0.2, -0.15) is 5.26 Å². The summed E-state index contributed by atoms with van der Waals surface area (Å²) in [5, 5.41) is 8.88. The molecular formula is C12H15N3O3S. The Morgan fingerprint density at radius 3 is 2.58 bits per heavy atom. The van der Waals surface area contributed by atoms with Crippen LogP contribution in [0.25, 0.3) is 0 Å². The zero-order valence-corrected chi connectivity index (χ0v) is 11.6. The summed E-state index contributed by atoms with van der Waals surface area (Å²) in [5.41, 5.74) is 0.724. The number of sulfonamides is 1. The molecule has 0 aliphatic carbocycles. The van der Waals surface area contributed by atoms with Gasteiger partial charge in [-0.25, -0.2) is 13.1 Å². The minimum Gasteiger partial charge on any atom is -0.348 e. The van der Waals surface area contributed by atoms with E-state index in [4.69, 9.17) is 5.26 Å². The molecule has 1 rings (SSSR count). The Bertz CT molecular complexity index is 603. The van der Waals surface area contributed by atoms with Gasteiger partial charge in [0.15, 0.2) is 0 Å². The zero-order chi connectivity index (χ0) is 14.5. The Balaban J connectivity index is 2.75. The van der Waals surface area contributed by atoms with Crippen LogP contribution in [0.5, 0.6) is 0 Å². The lowest BCUT2D eigenvalue weighted by Crippen LogP contribution is -2.36. The SMILES string of the molecule is CN(C)C(=O)CNS(=O)(=O)Cc1ccccc1C#N. The molecule has 0 saturated carbocycles. The number of nitrogens with zero attached hydrogens (tertiary/aromatic N) is 2. The maximum atomic E-state index is 11.8. The summed E-state index contributed by atoms with van der Waals surface area (Å²) in [5.74, 6) is -0.658. The maximum absolute atomic E-state index is 11.8. The van der Waals surface area contributed by atoms with Crippen molar-refractivity contribution in [2.45, 2.75) is 5.75 Å². The molecule has 1 amide bonds. The van der Waals surface area contributed by atoms with Gasteiger partial charge in [0.25, 0.3) is 0 Å². The summed E-state index contributed by atoms with van der Waals surface area (Å²) in [6, 6.07) is 8.39. The predicted octanol–water partition coefficient (Wildman–Crippen LogP) is 0.0659. The molecule has 102 valence electrons. The number of carbonyl (C=O) groups excluding carboxylic acids is 1. The van der Waals surface area contributed by atoms with Crippen LogP contribution in [0.4, 0.5) is 0 Å². The lowest BCUT2D eigenvalue weighted by Gasteiger charge is -2.11. The van der Waals surface area contributed by atoms with Crippen LogP contribution in [0.1, 0.15) is 11.1 Å². The first-order valence-electron chi connectivity index (χ1n) is 5.51. The molecule has 6 nitrogen and oxygen atoms in total. The molecule has 1 N–H and O–H groups in total. The molecule has 0 aliphatic heterocycles. The molecule has 19 heavy (non-hydrogen) atoms. The molecule has 0 aliphatic rings. The lowest BCUT2D eigenvalue weighted by atomic mass is 10.1. The second kappa shape index (κ2) is 6.31. The number of rotatable bonds is 5. The van der Waals surface area contributed by atoms with E-state index in [0.29, 0.717) is 11.1 Å². The van der Waals surface area contributed by atoms with Crippen molar-refractivity contribution >= 4 is 15.9 Å². The number of carbonyl (C=O) groups is 1. The molecule has 1 aromatic carbocycles. The molecule has 0 radical (unpaired) electrons. The van der Waals surface area contributed by atoms with Gasteiger partial charge < -0.3 is 4.90 Å². The van der Waals surface area contributed by atoms with Crippen molar-refractivity contribution in [3.8, 4) is 6.07 Å². The average molecular weight is 281 g/mol. The highest BCUT2D eigenvalue weighted by atomic mass is 32.2. The van der Waals surface area contributed by atoms with E-state index in [1.807, 2.05) is 6.07 Å². The highest BCUT2D eigenvalue weighted by molar-refractivity contribution is 7.88. The Kier molecular flexibility index (Phi) is 5.03. The molecule has 0 fully saturated rings. The quantitative estimate of drug-likeness (QED) is 0.826. The fourth-order valence-electron chi connectivity index (χ4n) is 1.34. The van der Waals surface area contributed by atoms with Gasteiger partial charge in [-0.15, -0.1) is 0 Å². The van der Waals surface area contributed by atoms with Crippen molar-refractivity contribution < 1.29 is 13.2 Å².